The fourth-order valence-electron chi connectivity index (χ4n) is 3.01. The Bertz CT molecular complexity index is 891. The number of rotatable bonds is 8. The summed E-state index contributed by atoms with van der Waals surface area (Å²) in [6.07, 6.45) is 1.06. The number of esters is 2. The third-order valence-electron chi connectivity index (χ3n) is 4.79. The number of carbonyl (C=O) groups is 2. The van der Waals surface area contributed by atoms with Gasteiger partial charge in [-0.2, -0.15) is 0 Å². The lowest BCUT2D eigenvalue weighted by molar-refractivity contribution is -0.143. The van der Waals surface area contributed by atoms with E-state index in [2.05, 4.69) is 45.9 Å². The molecule has 154 valence electrons. The molecular weight excluding hydrogens is 380 g/mol. The predicted octanol–water partition coefficient (Wildman–Crippen LogP) is 4.68. The van der Waals surface area contributed by atoms with E-state index in [1.54, 1.807) is 0 Å². The van der Waals surface area contributed by atoms with Gasteiger partial charge in [-0.3, -0.25) is 4.79 Å². The van der Waals surface area contributed by atoms with Gasteiger partial charge < -0.3 is 14.2 Å². The van der Waals surface area contributed by atoms with Gasteiger partial charge in [-0.05, 0) is 46.4 Å². The maximum absolute atomic E-state index is 11.3. The van der Waals surface area contributed by atoms with Crippen molar-refractivity contribution >= 4 is 11.9 Å². The van der Waals surface area contributed by atoms with E-state index in [9.17, 15) is 9.59 Å². The molecule has 5 heteroatoms. The van der Waals surface area contributed by atoms with Gasteiger partial charge in [-0.25, -0.2) is 4.79 Å². The first-order valence-electron chi connectivity index (χ1n) is 9.65. The molecule has 0 unspecified atom stereocenters. The van der Waals surface area contributed by atoms with Crippen molar-refractivity contribution in [1.29, 1.82) is 0 Å². The first kappa shape index (κ1) is 21.1. The Morgan fingerprint density at radius 3 is 1.53 bits per heavy atom. The summed E-state index contributed by atoms with van der Waals surface area (Å²) in [5.74, 6) is 0.0111. The van der Waals surface area contributed by atoms with Crippen molar-refractivity contribution in [3.05, 3.63) is 78.4 Å². The average Bonchev–Trinajstić information content (AvgIpc) is 2.81. The number of benzene rings is 3. The summed E-state index contributed by atoms with van der Waals surface area (Å²) in [4.78, 5) is 22.4. The van der Waals surface area contributed by atoms with Gasteiger partial charge in [0.1, 0.15) is 5.75 Å². The molecule has 5 nitrogen and oxygen atoms in total. The summed E-state index contributed by atoms with van der Waals surface area (Å²) in [5, 5.41) is 0. The SMILES string of the molecule is COC(=O)CCc1ccc(-c2ccc(-c3ccc(OCC(=O)OC)cc3)cc2)cc1. The number of hydrogen-bond donors (Lipinski definition) is 0. The second-order valence-electron chi connectivity index (χ2n) is 6.74. The minimum absolute atomic E-state index is 0.105. The number of carbonyl (C=O) groups excluding carboxylic acids is 2. The van der Waals surface area contributed by atoms with Crippen molar-refractivity contribution in [3.63, 3.8) is 0 Å². The standard InChI is InChI=1S/C25H24O5/c1-28-24(26)16-5-18-3-6-19(7-4-18)20-8-10-21(11-9-20)22-12-14-23(15-13-22)30-17-25(27)29-2/h3-4,6-15H,5,16-17H2,1-2H3. The summed E-state index contributed by atoms with van der Waals surface area (Å²) >= 11 is 0. The highest BCUT2D eigenvalue weighted by atomic mass is 16.6. The molecule has 0 saturated heterocycles. The Hall–Kier alpha value is -3.60. The molecule has 30 heavy (non-hydrogen) atoms. The van der Waals surface area contributed by atoms with E-state index in [-0.39, 0.29) is 12.6 Å². The van der Waals surface area contributed by atoms with E-state index < -0.39 is 5.97 Å². The van der Waals surface area contributed by atoms with Crippen molar-refractivity contribution in [1.82, 2.24) is 0 Å². The van der Waals surface area contributed by atoms with Crippen molar-refractivity contribution in [2.75, 3.05) is 20.8 Å². The molecule has 0 N–H and O–H groups in total. The summed E-state index contributed by atoms with van der Waals surface area (Å²) in [6.45, 7) is -0.105. The fourth-order valence-corrected chi connectivity index (χ4v) is 3.01. The van der Waals surface area contributed by atoms with Gasteiger partial charge in [0, 0.05) is 6.42 Å². The van der Waals surface area contributed by atoms with E-state index in [4.69, 9.17) is 4.74 Å². The van der Waals surface area contributed by atoms with Crippen LogP contribution in [0, 0.1) is 0 Å². The van der Waals surface area contributed by atoms with Gasteiger partial charge >= 0.3 is 11.9 Å². The first-order chi connectivity index (χ1) is 14.6. The summed E-state index contributed by atoms with van der Waals surface area (Å²) < 4.78 is 14.6. The molecule has 3 rings (SSSR count). The van der Waals surface area contributed by atoms with Crippen LogP contribution in [0.4, 0.5) is 0 Å². The molecule has 0 aromatic heterocycles. The summed E-state index contributed by atoms with van der Waals surface area (Å²) in [7, 11) is 2.74. The van der Waals surface area contributed by atoms with Crippen LogP contribution in [-0.4, -0.2) is 32.8 Å². The van der Waals surface area contributed by atoms with Gasteiger partial charge in [-0.1, -0.05) is 60.7 Å². The van der Waals surface area contributed by atoms with E-state index in [0.29, 0.717) is 18.6 Å². The molecule has 0 fully saturated rings. The quantitative estimate of drug-likeness (QED) is 0.510. The third-order valence-corrected chi connectivity index (χ3v) is 4.79. The molecule has 0 aliphatic heterocycles. The Labute approximate surface area is 176 Å². The van der Waals surface area contributed by atoms with E-state index in [0.717, 1.165) is 27.8 Å². The van der Waals surface area contributed by atoms with E-state index in [1.807, 2.05) is 36.4 Å². The second-order valence-corrected chi connectivity index (χ2v) is 6.74. The molecule has 0 atom stereocenters. The molecule has 0 radical (unpaired) electrons. The van der Waals surface area contributed by atoms with Crippen molar-refractivity contribution in [2.24, 2.45) is 0 Å². The predicted molar refractivity (Wildman–Crippen MR) is 115 cm³/mol. The maximum atomic E-state index is 11.3. The minimum atomic E-state index is -0.411. The Morgan fingerprint density at radius 2 is 1.07 bits per heavy atom. The molecule has 0 bridgehead atoms. The van der Waals surface area contributed by atoms with Crippen molar-refractivity contribution in [3.8, 4) is 28.0 Å². The average molecular weight is 404 g/mol. The third kappa shape index (κ3) is 5.70. The highest BCUT2D eigenvalue weighted by molar-refractivity contribution is 5.72. The highest BCUT2D eigenvalue weighted by Crippen LogP contribution is 2.26. The normalized spacial score (nSPS) is 10.3. The molecule has 3 aromatic rings. The maximum Gasteiger partial charge on any atom is 0.343 e. The van der Waals surface area contributed by atoms with Gasteiger partial charge in [0.2, 0.25) is 0 Å². The van der Waals surface area contributed by atoms with Crippen molar-refractivity contribution < 1.29 is 23.8 Å². The molecule has 0 amide bonds. The topological polar surface area (TPSA) is 61.8 Å². The second kappa shape index (κ2) is 10.3. The number of methoxy groups -OCH3 is 2. The van der Waals surface area contributed by atoms with E-state index in [1.165, 1.54) is 14.2 Å². The lowest BCUT2D eigenvalue weighted by Gasteiger charge is -2.08. The van der Waals surface area contributed by atoms with Crippen LogP contribution in [0.2, 0.25) is 0 Å². The van der Waals surface area contributed by atoms with E-state index >= 15 is 0 Å². The zero-order valence-electron chi connectivity index (χ0n) is 17.1. The fraction of sp³-hybridized carbons (Fsp3) is 0.200. The minimum Gasteiger partial charge on any atom is -0.482 e. The van der Waals surface area contributed by atoms with Crippen molar-refractivity contribution in [2.45, 2.75) is 12.8 Å². The lowest BCUT2D eigenvalue weighted by Crippen LogP contribution is -2.12. The van der Waals surface area contributed by atoms with Crippen LogP contribution in [0.15, 0.2) is 72.8 Å². The lowest BCUT2D eigenvalue weighted by atomic mass is 9.99. The molecular formula is C25H24O5. The summed E-state index contributed by atoms with van der Waals surface area (Å²) in [6, 6.07) is 24.1. The molecule has 3 aromatic carbocycles. The van der Waals surface area contributed by atoms with Crippen LogP contribution in [0.5, 0.6) is 5.75 Å². The van der Waals surface area contributed by atoms with Crippen LogP contribution in [-0.2, 0) is 25.5 Å². The molecule has 0 spiro atoms. The largest absolute Gasteiger partial charge is 0.482 e. The van der Waals surface area contributed by atoms with Crippen LogP contribution >= 0.6 is 0 Å². The Kier molecular flexibility index (Phi) is 7.22. The van der Waals surface area contributed by atoms with Gasteiger partial charge in [-0.15, -0.1) is 0 Å². The molecule has 0 aliphatic rings. The Morgan fingerprint density at radius 1 is 0.633 bits per heavy atom. The zero-order chi connectivity index (χ0) is 21.3. The van der Waals surface area contributed by atoms with Gasteiger partial charge in [0.15, 0.2) is 6.61 Å². The Balaban J connectivity index is 1.63. The first-order valence-corrected chi connectivity index (χ1v) is 9.65. The van der Waals surface area contributed by atoms with Crippen LogP contribution in [0.25, 0.3) is 22.3 Å². The van der Waals surface area contributed by atoms with Crippen LogP contribution < -0.4 is 4.74 Å². The molecule has 0 saturated carbocycles. The summed E-state index contributed by atoms with van der Waals surface area (Å²) in [5.41, 5.74) is 5.50. The highest BCUT2D eigenvalue weighted by Gasteiger charge is 2.05. The van der Waals surface area contributed by atoms with Crippen LogP contribution in [0.1, 0.15) is 12.0 Å². The smallest absolute Gasteiger partial charge is 0.343 e. The van der Waals surface area contributed by atoms with Gasteiger partial charge in [0.05, 0.1) is 14.2 Å². The molecule has 0 heterocycles. The molecule has 0 aliphatic carbocycles. The monoisotopic (exact) mass is 404 g/mol. The zero-order valence-corrected chi connectivity index (χ0v) is 17.1. The number of hydrogen-bond acceptors (Lipinski definition) is 5. The van der Waals surface area contributed by atoms with Gasteiger partial charge in [0.25, 0.3) is 0 Å². The van der Waals surface area contributed by atoms with Crippen LogP contribution in [0.3, 0.4) is 0 Å². The number of ether oxygens (including phenoxy) is 3. The number of aryl methyl sites for hydroxylation is 1.